The molecule has 2 heterocycles. The zero-order valence-corrected chi connectivity index (χ0v) is 20.3. The summed E-state index contributed by atoms with van der Waals surface area (Å²) in [7, 11) is 1.68. The molecule has 7 nitrogen and oxygen atoms in total. The summed E-state index contributed by atoms with van der Waals surface area (Å²) in [5, 5.41) is 3.36. The molecule has 0 unspecified atom stereocenters. The summed E-state index contributed by atoms with van der Waals surface area (Å²) in [5.74, 6) is 1.03. The molecular formula is C27H36N4O3. The SMILES string of the molecule is COc1cccc(CN2CCCN(C(C)=O)c3ccccc3CN(C(=O)[C@@H]3CCCN3)CC2)c1. The van der Waals surface area contributed by atoms with Gasteiger partial charge in [0.2, 0.25) is 11.8 Å². The maximum absolute atomic E-state index is 13.5. The number of amides is 2. The number of carbonyl (C=O) groups excluding carboxylic acids is 2. The van der Waals surface area contributed by atoms with Crippen molar-refractivity contribution in [2.45, 2.75) is 45.3 Å². The molecular weight excluding hydrogens is 428 g/mol. The summed E-state index contributed by atoms with van der Waals surface area (Å²) in [6, 6.07) is 16.0. The van der Waals surface area contributed by atoms with E-state index in [0.717, 1.165) is 62.4 Å². The lowest BCUT2D eigenvalue weighted by Gasteiger charge is -2.30. The van der Waals surface area contributed by atoms with Crippen molar-refractivity contribution in [2.24, 2.45) is 0 Å². The molecule has 0 aliphatic carbocycles. The first-order chi connectivity index (χ1) is 16.5. The second kappa shape index (κ2) is 11.5. The highest BCUT2D eigenvalue weighted by Gasteiger charge is 2.29. The van der Waals surface area contributed by atoms with Crippen LogP contribution >= 0.6 is 0 Å². The van der Waals surface area contributed by atoms with E-state index in [1.807, 2.05) is 46.2 Å². The Balaban J connectivity index is 1.60. The number of ether oxygens (including phenoxy) is 1. The maximum atomic E-state index is 13.5. The fourth-order valence-corrected chi connectivity index (χ4v) is 4.96. The highest BCUT2D eigenvalue weighted by molar-refractivity contribution is 5.92. The van der Waals surface area contributed by atoms with Gasteiger partial charge < -0.3 is 19.9 Å². The van der Waals surface area contributed by atoms with Crippen LogP contribution in [0.3, 0.4) is 0 Å². The minimum atomic E-state index is -0.118. The Hall–Kier alpha value is -2.90. The van der Waals surface area contributed by atoms with Gasteiger partial charge in [0.25, 0.3) is 0 Å². The average molecular weight is 465 g/mol. The minimum absolute atomic E-state index is 0.0291. The molecule has 2 aliphatic heterocycles. The molecule has 0 spiro atoms. The number of nitrogens with zero attached hydrogens (tertiary/aromatic N) is 3. The average Bonchev–Trinajstić information content (AvgIpc) is 3.38. The van der Waals surface area contributed by atoms with E-state index in [1.54, 1.807) is 14.0 Å². The first-order valence-electron chi connectivity index (χ1n) is 12.3. The smallest absolute Gasteiger partial charge is 0.240 e. The van der Waals surface area contributed by atoms with Gasteiger partial charge in [-0.1, -0.05) is 30.3 Å². The quantitative estimate of drug-likeness (QED) is 0.754. The molecule has 7 heteroatoms. The van der Waals surface area contributed by atoms with Crippen molar-refractivity contribution in [2.75, 3.05) is 44.7 Å². The molecule has 0 saturated carbocycles. The second-order valence-electron chi connectivity index (χ2n) is 9.19. The van der Waals surface area contributed by atoms with E-state index in [2.05, 4.69) is 22.3 Å². The highest BCUT2D eigenvalue weighted by atomic mass is 16.5. The van der Waals surface area contributed by atoms with Crippen molar-refractivity contribution in [1.82, 2.24) is 15.1 Å². The third-order valence-electron chi connectivity index (χ3n) is 6.78. The Labute approximate surface area is 202 Å². The van der Waals surface area contributed by atoms with E-state index < -0.39 is 0 Å². The van der Waals surface area contributed by atoms with Crippen molar-refractivity contribution in [3.05, 3.63) is 59.7 Å². The van der Waals surface area contributed by atoms with Crippen molar-refractivity contribution in [1.29, 1.82) is 0 Å². The van der Waals surface area contributed by atoms with Gasteiger partial charge in [-0.2, -0.15) is 0 Å². The zero-order valence-electron chi connectivity index (χ0n) is 20.3. The molecule has 0 aromatic heterocycles. The van der Waals surface area contributed by atoms with Gasteiger partial charge >= 0.3 is 0 Å². The van der Waals surface area contributed by atoms with Gasteiger partial charge in [0.15, 0.2) is 0 Å². The first-order valence-corrected chi connectivity index (χ1v) is 12.3. The van der Waals surface area contributed by atoms with E-state index in [4.69, 9.17) is 4.74 Å². The molecule has 182 valence electrons. The maximum Gasteiger partial charge on any atom is 0.240 e. The molecule has 2 aliphatic rings. The van der Waals surface area contributed by atoms with Crippen molar-refractivity contribution in [3.8, 4) is 5.75 Å². The molecule has 0 bridgehead atoms. The van der Waals surface area contributed by atoms with E-state index >= 15 is 0 Å². The number of hydrogen-bond donors (Lipinski definition) is 1. The van der Waals surface area contributed by atoms with Crippen LogP contribution < -0.4 is 15.0 Å². The molecule has 1 atom stereocenters. The van der Waals surface area contributed by atoms with E-state index in [1.165, 1.54) is 5.56 Å². The highest BCUT2D eigenvalue weighted by Crippen LogP contribution is 2.25. The number of benzene rings is 2. The minimum Gasteiger partial charge on any atom is -0.497 e. The molecule has 1 saturated heterocycles. The number of carbonyl (C=O) groups is 2. The van der Waals surface area contributed by atoms with E-state index in [9.17, 15) is 9.59 Å². The number of rotatable bonds is 4. The topological polar surface area (TPSA) is 65.1 Å². The third kappa shape index (κ3) is 5.96. The van der Waals surface area contributed by atoms with Crippen molar-refractivity contribution in [3.63, 3.8) is 0 Å². The summed E-state index contributed by atoms with van der Waals surface area (Å²) in [6.07, 6.45) is 2.76. The fourth-order valence-electron chi connectivity index (χ4n) is 4.96. The fraction of sp³-hybridized carbons (Fsp3) is 0.481. The molecule has 2 aromatic rings. The van der Waals surface area contributed by atoms with Crippen LogP contribution in [0, 0.1) is 0 Å². The largest absolute Gasteiger partial charge is 0.497 e. The summed E-state index contributed by atoms with van der Waals surface area (Å²) < 4.78 is 5.40. The van der Waals surface area contributed by atoms with Crippen LogP contribution in [0.2, 0.25) is 0 Å². The zero-order chi connectivity index (χ0) is 23.9. The number of hydrogen-bond acceptors (Lipinski definition) is 5. The second-order valence-corrected chi connectivity index (χ2v) is 9.19. The molecule has 4 rings (SSSR count). The lowest BCUT2D eigenvalue weighted by molar-refractivity contribution is -0.134. The molecule has 0 radical (unpaired) electrons. The van der Waals surface area contributed by atoms with E-state index in [0.29, 0.717) is 19.6 Å². The van der Waals surface area contributed by atoms with Gasteiger partial charge in [0.1, 0.15) is 5.75 Å². The Kier molecular flexibility index (Phi) is 8.19. The van der Waals surface area contributed by atoms with Crippen LogP contribution in [-0.2, 0) is 22.7 Å². The number of nitrogens with one attached hydrogen (secondary N) is 1. The normalized spacial score (nSPS) is 19.9. The number of fused-ring (bicyclic) bond motifs is 1. The first kappa shape index (κ1) is 24.2. The molecule has 2 aromatic carbocycles. The summed E-state index contributed by atoms with van der Waals surface area (Å²) in [4.78, 5) is 32.3. The van der Waals surface area contributed by atoms with Crippen LogP contribution in [0.5, 0.6) is 5.75 Å². The van der Waals surface area contributed by atoms with Crippen molar-refractivity contribution >= 4 is 17.5 Å². The standard InChI is InChI=1S/C27H36N4O3/c1-21(32)31-15-7-14-29(19-22-8-5-10-24(18-22)34-2)16-17-30(27(33)25-11-6-13-28-25)20-23-9-3-4-12-26(23)31/h3-5,8-10,12,18,25,28H,6-7,11,13-17,19-20H2,1-2H3/t25-/m0/s1. The van der Waals surface area contributed by atoms with Crippen LogP contribution in [0.4, 0.5) is 5.69 Å². The van der Waals surface area contributed by atoms with Crippen LogP contribution in [0.25, 0.3) is 0 Å². The van der Waals surface area contributed by atoms with E-state index in [-0.39, 0.29) is 17.9 Å². The summed E-state index contributed by atoms with van der Waals surface area (Å²) in [6.45, 7) is 6.70. The number of para-hydroxylation sites is 1. The predicted molar refractivity (Wildman–Crippen MR) is 134 cm³/mol. The van der Waals surface area contributed by atoms with Gasteiger partial charge in [-0.05, 0) is 55.1 Å². The molecule has 2 amide bonds. The van der Waals surface area contributed by atoms with Crippen LogP contribution in [0.1, 0.15) is 37.3 Å². The summed E-state index contributed by atoms with van der Waals surface area (Å²) in [5.41, 5.74) is 3.11. The Bertz CT molecular complexity index is 989. The Morgan fingerprint density at radius 3 is 2.65 bits per heavy atom. The number of methoxy groups -OCH3 is 1. The molecule has 1 N–H and O–H groups in total. The monoisotopic (exact) mass is 464 g/mol. The lowest BCUT2D eigenvalue weighted by Crippen LogP contribution is -2.46. The lowest BCUT2D eigenvalue weighted by atomic mass is 10.1. The Morgan fingerprint density at radius 2 is 1.88 bits per heavy atom. The molecule has 34 heavy (non-hydrogen) atoms. The van der Waals surface area contributed by atoms with Crippen LogP contribution in [-0.4, -0.2) is 67.5 Å². The van der Waals surface area contributed by atoms with Crippen LogP contribution in [0.15, 0.2) is 48.5 Å². The van der Waals surface area contributed by atoms with Gasteiger partial charge in [0.05, 0.1) is 13.2 Å². The van der Waals surface area contributed by atoms with Gasteiger partial charge in [-0.25, -0.2) is 0 Å². The summed E-state index contributed by atoms with van der Waals surface area (Å²) >= 11 is 0. The van der Waals surface area contributed by atoms with Crippen molar-refractivity contribution < 1.29 is 14.3 Å². The number of anilines is 1. The van der Waals surface area contributed by atoms with Gasteiger partial charge in [0, 0.05) is 51.9 Å². The van der Waals surface area contributed by atoms with Gasteiger partial charge in [-0.3, -0.25) is 14.5 Å². The van der Waals surface area contributed by atoms with Gasteiger partial charge in [-0.15, -0.1) is 0 Å². The predicted octanol–water partition coefficient (Wildman–Crippen LogP) is 3.03. The molecule has 1 fully saturated rings. The third-order valence-corrected chi connectivity index (χ3v) is 6.78. The Morgan fingerprint density at radius 1 is 1.03 bits per heavy atom.